The topological polar surface area (TPSA) is 47.4 Å². The standard InChI is InChI=1S/C10H17N3O2/c1-12(6-4-10(14)15-3)8-9-11-5-7-13(9)2/h5,7H,4,6,8H2,1-3H3. The van der Waals surface area contributed by atoms with Crippen molar-refractivity contribution in [2.45, 2.75) is 13.0 Å². The highest BCUT2D eigenvalue weighted by Gasteiger charge is 2.07. The maximum Gasteiger partial charge on any atom is 0.306 e. The van der Waals surface area contributed by atoms with E-state index in [-0.39, 0.29) is 5.97 Å². The minimum absolute atomic E-state index is 0.179. The first-order valence-corrected chi connectivity index (χ1v) is 4.85. The van der Waals surface area contributed by atoms with Crippen LogP contribution in [-0.4, -0.2) is 41.1 Å². The summed E-state index contributed by atoms with van der Waals surface area (Å²) in [6.45, 7) is 1.42. The number of rotatable bonds is 5. The van der Waals surface area contributed by atoms with Crippen LogP contribution in [-0.2, 0) is 23.1 Å². The molecule has 0 N–H and O–H groups in total. The first kappa shape index (κ1) is 11.7. The van der Waals surface area contributed by atoms with Crippen LogP contribution in [0.3, 0.4) is 0 Å². The number of hydrogen-bond donors (Lipinski definition) is 0. The van der Waals surface area contributed by atoms with E-state index in [2.05, 4.69) is 9.72 Å². The zero-order valence-corrected chi connectivity index (χ0v) is 9.43. The van der Waals surface area contributed by atoms with Crippen LogP contribution < -0.4 is 0 Å². The Balaban J connectivity index is 2.33. The molecular formula is C10H17N3O2. The van der Waals surface area contributed by atoms with Gasteiger partial charge in [0.25, 0.3) is 0 Å². The van der Waals surface area contributed by atoms with E-state index >= 15 is 0 Å². The van der Waals surface area contributed by atoms with E-state index in [4.69, 9.17) is 0 Å². The van der Waals surface area contributed by atoms with Gasteiger partial charge in [0, 0.05) is 26.0 Å². The molecular weight excluding hydrogens is 194 g/mol. The molecule has 1 rings (SSSR count). The van der Waals surface area contributed by atoms with Gasteiger partial charge in [0.05, 0.1) is 20.1 Å². The maximum absolute atomic E-state index is 10.9. The van der Waals surface area contributed by atoms with E-state index in [9.17, 15) is 4.79 Å². The largest absolute Gasteiger partial charge is 0.469 e. The summed E-state index contributed by atoms with van der Waals surface area (Å²) in [7, 11) is 5.31. The van der Waals surface area contributed by atoms with Gasteiger partial charge in [-0.05, 0) is 7.05 Å². The summed E-state index contributed by atoms with van der Waals surface area (Å²) in [5.41, 5.74) is 0. The molecule has 0 atom stereocenters. The first-order valence-electron chi connectivity index (χ1n) is 4.85. The molecule has 0 saturated heterocycles. The summed E-state index contributed by atoms with van der Waals surface area (Å²) in [5.74, 6) is 0.809. The Hall–Kier alpha value is -1.36. The summed E-state index contributed by atoms with van der Waals surface area (Å²) in [5, 5.41) is 0. The minimum atomic E-state index is -0.179. The van der Waals surface area contributed by atoms with Crippen molar-refractivity contribution in [2.75, 3.05) is 20.7 Å². The molecule has 0 bridgehead atoms. The number of nitrogens with zero attached hydrogens (tertiary/aromatic N) is 3. The fourth-order valence-electron chi connectivity index (χ4n) is 1.25. The van der Waals surface area contributed by atoms with Gasteiger partial charge in [0.2, 0.25) is 0 Å². The number of ether oxygens (including phenoxy) is 1. The van der Waals surface area contributed by atoms with Crippen molar-refractivity contribution in [1.82, 2.24) is 14.5 Å². The van der Waals surface area contributed by atoms with Crippen molar-refractivity contribution in [3.05, 3.63) is 18.2 Å². The lowest BCUT2D eigenvalue weighted by molar-refractivity contribution is -0.140. The Morgan fingerprint density at radius 1 is 1.67 bits per heavy atom. The third-order valence-electron chi connectivity index (χ3n) is 2.26. The smallest absolute Gasteiger partial charge is 0.306 e. The highest BCUT2D eigenvalue weighted by Crippen LogP contribution is 2.00. The van der Waals surface area contributed by atoms with Crippen LogP contribution in [0, 0.1) is 0 Å². The van der Waals surface area contributed by atoms with Crippen LogP contribution in [0.4, 0.5) is 0 Å². The van der Waals surface area contributed by atoms with Crippen LogP contribution in [0.2, 0.25) is 0 Å². The average Bonchev–Trinajstić information content (AvgIpc) is 2.61. The van der Waals surface area contributed by atoms with Crippen LogP contribution in [0.25, 0.3) is 0 Å². The van der Waals surface area contributed by atoms with Crippen molar-refractivity contribution in [3.8, 4) is 0 Å². The number of methoxy groups -OCH3 is 1. The lowest BCUT2D eigenvalue weighted by atomic mass is 10.4. The molecule has 0 aromatic carbocycles. The lowest BCUT2D eigenvalue weighted by Crippen LogP contribution is -2.23. The van der Waals surface area contributed by atoms with E-state index in [0.29, 0.717) is 13.0 Å². The second kappa shape index (κ2) is 5.50. The Bertz CT molecular complexity index is 322. The molecule has 0 unspecified atom stereocenters. The van der Waals surface area contributed by atoms with E-state index < -0.39 is 0 Å². The molecule has 1 aromatic heterocycles. The highest BCUT2D eigenvalue weighted by atomic mass is 16.5. The summed E-state index contributed by atoms with van der Waals surface area (Å²) in [6, 6.07) is 0. The molecule has 0 fully saturated rings. The summed E-state index contributed by atoms with van der Waals surface area (Å²) < 4.78 is 6.54. The van der Waals surface area contributed by atoms with Crippen LogP contribution in [0.1, 0.15) is 12.2 Å². The van der Waals surface area contributed by atoms with Crippen LogP contribution in [0.5, 0.6) is 0 Å². The highest BCUT2D eigenvalue weighted by molar-refractivity contribution is 5.69. The molecule has 0 spiro atoms. The Labute approximate surface area is 89.7 Å². The van der Waals surface area contributed by atoms with Crippen molar-refractivity contribution < 1.29 is 9.53 Å². The Morgan fingerprint density at radius 2 is 2.40 bits per heavy atom. The number of aromatic nitrogens is 2. The Morgan fingerprint density at radius 3 is 2.93 bits per heavy atom. The fraction of sp³-hybridized carbons (Fsp3) is 0.600. The van der Waals surface area contributed by atoms with Gasteiger partial charge in [-0.3, -0.25) is 9.69 Å². The van der Waals surface area contributed by atoms with Gasteiger partial charge in [0.1, 0.15) is 5.82 Å². The molecule has 0 aliphatic rings. The monoisotopic (exact) mass is 211 g/mol. The van der Waals surface area contributed by atoms with Gasteiger partial charge in [0.15, 0.2) is 0 Å². The summed E-state index contributed by atoms with van der Waals surface area (Å²) in [6.07, 6.45) is 4.09. The molecule has 0 amide bonds. The fourth-order valence-corrected chi connectivity index (χ4v) is 1.25. The summed E-state index contributed by atoms with van der Waals surface area (Å²) >= 11 is 0. The third-order valence-corrected chi connectivity index (χ3v) is 2.26. The SMILES string of the molecule is COC(=O)CCN(C)Cc1nccn1C. The third kappa shape index (κ3) is 3.71. The summed E-state index contributed by atoms with van der Waals surface area (Å²) in [4.78, 5) is 17.2. The quantitative estimate of drug-likeness (QED) is 0.662. The number of hydrogen-bond acceptors (Lipinski definition) is 4. The van der Waals surface area contributed by atoms with Gasteiger partial charge in [-0.25, -0.2) is 4.98 Å². The zero-order valence-electron chi connectivity index (χ0n) is 9.43. The van der Waals surface area contributed by atoms with E-state index in [1.54, 1.807) is 6.20 Å². The second-order valence-corrected chi connectivity index (χ2v) is 3.52. The number of carbonyl (C=O) groups is 1. The molecule has 5 nitrogen and oxygen atoms in total. The number of imidazole rings is 1. The predicted octanol–water partition coefficient (Wildman–Crippen LogP) is 0.415. The number of esters is 1. The normalized spacial score (nSPS) is 10.7. The first-order chi connectivity index (χ1) is 7.13. The number of carbonyl (C=O) groups excluding carboxylic acids is 1. The molecule has 84 valence electrons. The van der Waals surface area contributed by atoms with Crippen molar-refractivity contribution in [3.63, 3.8) is 0 Å². The maximum atomic E-state index is 10.9. The van der Waals surface area contributed by atoms with E-state index in [0.717, 1.165) is 12.4 Å². The van der Waals surface area contributed by atoms with Gasteiger partial charge in [-0.15, -0.1) is 0 Å². The lowest BCUT2D eigenvalue weighted by Gasteiger charge is -2.15. The second-order valence-electron chi connectivity index (χ2n) is 3.52. The van der Waals surface area contributed by atoms with Gasteiger partial charge >= 0.3 is 5.97 Å². The van der Waals surface area contributed by atoms with Crippen LogP contribution in [0.15, 0.2) is 12.4 Å². The molecule has 0 aliphatic heterocycles. The predicted molar refractivity (Wildman–Crippen MR) is 56.2 cm³/mol. The molecule has 0 radical (unpaired) electrons. The minimum Gasteiger partial charge on any atom is -0.469 e. The molecule has 1 aromatic rings. The Kier molecular flexibility index (Phi) is 4.30. The van der Waals surface area contributed by atoms with Crippen molar-refractivity contribution in [2.24, 2.45) is 7.05 Å². The van der Waals surface area contributed by atoms with Gasteiger partial charge in [-0.2, -0.15) is 0 Å². The molecule has 1 heterocycles. The molecule has 5 heteroatoms. The van der Waals surface area contributed by atoms with Crippen molar-refractivity contribution >= 4 is 5.97 Å². The van der Waals surface area contributed by atoms with E-state index in [1.165, 1.54) is 7.11 Å². The zero-order chi connectivity index (χ0) is 11.3. The van der Waals surface area contributed by atoms with Gasteiger partial charge in [-0.1, -0.05) is 0 Å². The van der Waals surface area contributed by atoms with Crippen molar-refractivity contribution in [1.29, 1.82) is 0 Å². The molecule has 0 saturated carbocycles. The van der Waals surface area contributed by atoms with E-state index in [1.807, 2.05) is 29.8 Å². The van der Waals surface area contributed by atoms with Gasteiger partial charge < -0.3 is 9.30 Å². The average molecular weight is 211 g/mol. The number of aryl methyl sites for hydroxylation is 1. The van der Waals surface area contributed by atoms with Crippen LogP contribution >= 0.6 is 0 Å². The molecule has 15 heavy (non-hydrogen) atoms. The molecule has 0 aliphatic carbocycles.